The van der Waals surface area contributed by atoms with Crippen LogP contribution in [0.4, 0.5) is 24.5 Å². The second kappa shape index (κ2) is 6.52. The number of alkyl halides is 3. The van der Waals surface area contributed by atoms with E-state index in [0.717, 1.165) is 22.4 Å². The first-order valence-electron chi connectivity index (χ1n) is 7.32. The molecule has 2 N–H and O–H groups in total. The monoisotopic (exact) mass is 336 g/mol. The van der Waals surface area contributed by atoms with Crippen LogP contribution in [-0.4, -0.2) is 12.1 Å². The van der Waals surface area contributed by atoms with Gasteiger partial charge in [-0.15, -0.1) is 0 Å². The van der Waals surface area contributed by atoms with Crippen molar-refractivity contribution in [1.82, 2.24) is 0 Å². The van der Waals surface area contributed by atoms with Crippen molar-refractivity contribution in [1.29, 1.82) is 0 Å². The Kier molecular flexibility index (Phi) is 4.44. The molecule has 1 heterocycles. The van der Waals surface area contributed by atoms with Gasteiger partial charge in [0.1, 0.15) is 0 Å². The van der Waals surface area contributed by atoms with Crippen molar-refractivity contribution >= 4 is 17.3 Å². The van der Waals surface area contributed by atoms with Crippen molar-refractivity contribution in [3.8, 4) is 0 Å². The molecule has 0 saturated carbocycles. The standard InChI is InChI=1S/C17H15F3N2O2/c18-17(19,20)16(23)22-15-3-1-2-11(6-15)8-21-14-5-4-12-9-24-10-13(12)7-14/h1-7,21H,8-10H2,(H,22,23). The van der Waals surface area contributed by atoms with Gasteiger partial charge < -0.3 is 15.4 Å². The Balaban J connectivity index is 1.63. The number of rotatable bonds is 4. The van der Waals surface area contributed by atoms with Gasteiger partial charge in [0.05, 0.1) is 13.2 Å². The first kappa shape index (κ1) is 16.3. The van der Waals surface area contributed by atoms with Crippen molar-refractivity contribution in [2.45, 2.75) is 25.9 Å². The molecule has 1 aliphatic rings. The number of hydrogen-bond acceptors (Lipinski definition) is 3. The molecule has 2 aromatic carbocycles. The molecule has 0 unspecified atom stereocenters. The topological polar surface area (TPSA) is 50.4 Å². The van der Waals surface area contributed by atoms with Crippen LogP contribution in [0.5, 0.6) is 0 Å². The minimum Gasteiger partial charge on any atom is -0.381 e. The maximum absolute atomic E-state index is 12.3. The van der Waals surface area contributed by atoms with E-state index < -0.39 is 12.1 Å². The lowest BCUT2D eigenvalue weighted by atomic mass is 10.1. The number of carbonyl (C=O) groups excluding carboxylic acids is 1. The lowest BCUT2D eigenvalue weighted by Crippen LogP contribution is -2.29. The number of halogens is 3. The Morgan fingerprint density at radius 2 is 1.83 bits per heavy atom. The summed E-state index contributed by atoms with van der Waals surface area (Å²) in [5, 5.41) is 5.06. The molecule has 0 saturated heterocycles. The molecule has 126 valence electrons. The third-order valence-electron chi connectivity index (χ3n) is 3.66. The van der Waals surface area contributed by atoms with Crippen LogP contribution < -0.4 is 10.6 Å². The van der Waals surface area contributed by atoms with E-state index in [1.807, 2.05) is 23.5 Å². The van der Waals surface area contributed by atoms with Crippen molar-refractivity contribution < 1.29 is 22.7 Å². The van der Waals surface area contributed by atoms with E-state index in [0.29, 0.717) is 19.8 Å². The molecule has 3 rings (SSSR count). The van der Waals surface area contributed by atoms with Crippen molar-refractivity contribution in [3.05, 3.63) is 59.2 Å². The largest absolute Gasteiger partial charge is 0.471 e. The summed E-state index contributed by atoms with van der Waals surface area (Å²) < 4.78 is 42.2. The molecule has 0 fully saturated rings. The summed E-state index contributed by atoms with van der Waals surface area (Å²) in [6.07, 6.45) is -4.90. The Morgan fingerprint density at radius 3 is 2.62 bits per heavy atom. The SMILES string of the molecule is O=C(Nc1cccc(CNc2ccc3c(c2)COC3)c1)C(F)(F)F. The predicted molar refractivity (Wildman–Crippen MR) is 83.4 cm³/mol. The van der Waals surface area contributed by atoms with Gasteiger partial charge in [0.25, 0.3) is 0 Å². The average Bonchev–Trinajstić information content (AvgIpc) is 3.00. The van der Waals surface area contributed by atoms with Gasteiger partial charge in [-0.25, -0.2) is 0 Å². The smallest absolute Gasteiger partial charge is 0.381 e. The number of anilines is 2. The maximum Gasteiger partial charge on any atom is 0.471 e. The van der Waals surface area contributed by atoms with E-state index >= 15 is 0 Å². The molecule has 1 aliphatic heterocycles. The summed E-state index contributed by atoms with van der Waals surface area (Å²) in [5.41, 5.74) is 4.07. The minimum absolute atomic E-state index is 0.110. The van der Waals surface area contributed by atoms with Gasteiger partial charge >= 0.3 is 12.1 Å². The van der Waals surface area contributed by atoms with E-state index in [-0.39, 0.29) is 5.69 Å². The van der Waals surface area contributed by atoms with Crippen LogP contribution in [0.15, 0.2) is 42.5 Å². The van der Waals surface area contributed by atoms with Crippen molar-refractivity contribution in [2.75, 3.05) is 10.6 Å². The zero-order chi connectivity index (χ0) is 17.2. The number of benzene rings is 2. The third-order valence-corrected chi connectivity index (χ3v) is 3.66. The fourth-order valence-corrected chi connectivity index (χ4v) is 2.45. The Hall–Kier alpha value is -2.54. The third kappa shape index (κ3) is 3.86. The molecule has 0 bridgehead atoms. The number of amides is 1. The molecule has 0 atom stereocenters. The molecule has 4 nitrogen and oxygen atoms in total. The second-order valence-corrected chi connectivity index (χ2v) is 5.48. The van der Waals surface area contributed by atoms with Crippen LogP contribution in [0.1, 0.15) is 16.7 Å². The maximum atomic E-state index is 12.3. The number of hydrogen-bond donors (Lipinski definition) is 2. The molecule has 0 aliphatic carbocycles. The first-order valence-corrected chi connectivity index (χ1v) is 7.32. The van der Waals surface area contributed by atoms with Gasteiger partial charge in [0.2, 0.25) is 0 Å². The second-order valence-electron chi connectivity index (χ2n) is 5.48. The highest BCUT2D eigenvalue weighted by atomic mass is 19.4. The highest BCUT2D eigenvalue weighted by Gasteiger charge is 2.38. The summed E-state index contributed by atoms with van der Waals surface area (Å²) >= 11 is 0. The average molecular weight is 336 g/mol. The lowest BCUT2D eigenvalue weighted by Gasteiger charge is -2.11. The predicted octanol–water partition coefficient (Wildman–Crippen LogP) is 3.83. The minimum atomic E-state index is -4.90. The quantitative estimate of drug-likeness (QED) is 0.892. The molecule has 0 spiro atoms. The molecule has 24 heavy (non-hydrogen) atoms. The van der Waals surface area contributed by atoms with Crippen LogP contribution in [-0.2, 0) is 29.3 Å². The number of carbonyl (C=O) groups is 1. The van der Waals surface area contributed by atoms with Crippen LogP contribution in [0.3, 0.4) is 0 Å². The van der Waals surface area contributed by atoms with Gasteiger partial charge in [0.15, 0.2) is 0 Å². The molecule has 1 amide bonds. The highest BCUT2D eigenvalue weighted by Crippen LogP contribution is 2.24. The zero-order valence-electron chi connectivity index (χ0n) is 12.6. The van der Waals surface area contributed by atoms with Gasteiger partial charge in [-0.2, -0.15) is 13.2 Å². The summed E-state index contributed by atoms with van der Waals surface area (Å²) in [6.45, 7) is 1.63. The normalized spacial score (nSPS) is 13.5. The Labute approximate surface area is 136 Å². The fourth-order valence-electron chi connectivity index (χ4n) is 2.45. The molecule has 0 aromatic heterocycles. The molecular weight excluding hydrogens is 321 g/mol. The number of nitrogens with one attached hydrogen (secondary N) is 2. The summed E-state index contributed by atoms with van der Waals surface area (Å²) in [4.78, 5) is 11.0. The van der Waals surface area contributed by atoms with Crippen LogP contribution in [0, 0.1) is 0 Å². The Morgan fingerprint density at radius 1 is 1.04 bits per heavy atom. The number of ether oxygens (including phenoxy) is 1. The highest BCUT2D eigenvalue weighted by molar-refractivity contribution is 5.94. The van der Waals surface area contributed by atoms with Crippen LogP contribution in [0.2, 0.25) is 0 Å². The van der Waals surface area contributed by atoms with Gasteiger partial charge in [-0.3, -0.25) is 4.79 Å². The van der Waals surface area contributed by atoms with Gasteiger partial charge in [-0.05, 0) is 41.0 Å². The van der Waals surface area contributed by atoms with Gasteiger partial charge in [0, 0.05) is 17.9 Å². The van der Waals surface area contributed by atoms with Crippen LogP contribution >= 0.6 is 0 Å². The van der Waals surface area contributed by atoms with E-state index in [1.165, 1.54) is 12.1 Å². The Bertz CT molecular complexity index is 760. The molecule has 0 radical (unpaired) electrons. The first-order chi connectivity index (χ1) is 11.4. The summed E-state index contributed by atoms with van der Waals surface area (Å²) in [5.74, 6) is -1.98. The van der Waals surface area contributed by atoms with E-state index in [2.05, 4.69) is 5.32 Å². The molecular formula is C17H15F3N2O2. The summed E-state index contributed by atoms with van der Waals surface area (Å²) in [7, 11) is 0. The zero-order valence-corrected chi connectivity index (χ0v) is 12.6. The van der Waals surface area contributed by atoms with E-state index in [1.54, 1.807) is 12.1 Å². The van der Waals surface area contributed by atoms with Gasteiger partial charge in [-0.1, -0.05) is 18.2 Å². The molecule has 7 heteroatoms. The van der Waals surface area contributed by atoms with Crippen molar-refractivity contribution in [3.63, 3.8) is 0 Å². The fraction of sp³-hybridized carbons (Fsp3) is 0.235. The molecule has 2 aromatic rings. The van der Waals surface area contributed by atoms with E-state index in [4.69, 9.17) is 4.74 Å². The van der Waals surface area contributed by atoms with Crippen LogP contribution in [0.25, 0.3) is 0 Å². The lowest BCUT2D eigenvalue weighted by molar-refractivity contribution is -0.167. The summed E-state index contributed by atoms with van der Waals surface area (Å²) in [6, 6.07) is 12.2. The van der Waals surface area contributed by atoms with Crippen molar-refractivity contribution in [2.24, 2.45) is 0 Å². The van der Waals surface area contributed by atoms with E-state index in [9.17, 15) is 18.0 Å². The number of fused-ring (bicyclic) bond motifs is 1.